The summed E-state index contributed by atoms with van der Waals surface area (Å²) in [6.07, 6.45) is 1.87. The minimum Gasteiger partial charge on any atom is -0.487 e. The predicted octanol–water partition coefficient (Wildman–Crippen LogP) is 4.88. The Labute approximate surface area is 178 Å². The first-order valence-electron chi connectivity index (χ1n) is 10.1. The number of likely N-dealkylation sites (tertiary alicyclic amines) is 1. The van der Waals surface area contributed by atoms with Crippen LogP contribution in [0.3, 0.4) is 0 Å². The highest BCUT2D eigenvalue weighted by atomic mass is 32.1. The number of aromatic nitrogens is 3. The van der Waals surface area contributed by atoms with E-state index in [1.807, 2.05) is 65.7 Å². The van der Waals surface area contributed by atoms with Crippen molar-refractivity contribution in [3.05, 3.63) is 76.0 Å². The zero-order chi connectivity index (χ0) is 20.5. The van der Waals surface area contributed by atoms with Crippen LogP contribution in [0.1, 0.15) is 45.8 Å². The van der Waals surface area contributed by atoms with Gasteiger partial charge in [-0.1, -0.05) is 18.2 Å². The van der Waals surface area contributed by atoms with Crippen LogP contribution in [-0.2, 0) is 6.61 Å². The lowest BCUT2D eigenvalue weighted by molar-refractivity contribution is 0.0730. The van der Waals surface area contributed by atoms with Gasteiger partial charge in [0.05, 0.1) is 27.8 Å². The van der Waals surface area contributed by atoms with Gasteiger partial charge in [-0.3, -0.25) is 4.79 Å². The van der Waals surface area contributed by atoms with E-state index in [0.29, 0.717) is 17.9 Å². The van der Waals surface area contributed by atoms with Crippen LogP contribution in [0.5, 0.6) is 5.75 Å². The topological polar surface area (TPSA) is 71.1 Å². The number of amides is 1. The molecule has 7 heteroatoms. The molecule has 1 unspecified atom stereocenters. The van der Waals surface area contributed by atoms with Gasteiger partial charge in [-0.15, -0.1) is 11.3 Å². The van der Waals surface area contributed by atoms with Crippen LogP contribution in [0.2, 0.25) is 0 Å². The monoisotopic (exact) mass is 418 g/mol. The molecule has 1 atom stereocenters. The van der Waals surface area contributed by atoms with E-state index in [-0.39, 0.29) is 11.9 Å². The summed E-state index contributed by atoms with van der Waals surface area (Å²) >= 11 is 1.60. The van der Waals surface area contributed by atoms with Gasteiger partial charge in [0.1, 0.15) is 18.2 Å². The summed E-state index contributed by atoms with van der Waals surface area (Å²) in [5, 5.41) is 3.01. The molecule has 4 aromatic rings. The molecule has 1 aliphatic heterocycles. The molecule has 5 rings (SSSR count). The fourth-order valence-electron chi connectivity index (χ4n) is 3.94. The first-order valence-corrected chi connectivity index (χ1v) is 10.9. The highest BCUT2D eigenvalue weighted by molar-refractivity contribution is 7.09. The summed E-state index contributed by atoms with van der Waals surface area (Å²) in [6.45, 7) is 3.10. The average molecular weight is 419 g/mol. The number of H-pyrrole nitrogens is 1. The second-order valence-electron chi connectivity index (χ2n) is 7.47. The van der Waals surface area contributed by atoms with Crippen LogP contribution >= 0.6 is 11.3 Å². The molecule has 2 aromatic carbocycles. The van der Waals surface area contributed by atoms with Crippen molar-refractivity contribution in [1.29, 1.82) is 0 Å². The van der Waals surface area contributed by atoms with E-state index < -0.39 is 0 Å². The summed E-state index contributed by atoms with van der Waals surface area (Å²) in [5.74, 6) is 1.53. The molecule has 2 aromatic heterocycles. The normalized spacial score (nSPS) is 16.3. The SMILES string of the molecule is Cc1nc(COc2cccc(C(=O)N3CCCC3c3nc4ccccc4[nH]3)c2)cs1. The van der Waals surface area contributed by atoms with E-state index in [2.05, 4.69) is 9.97 Å². The first kappa shape index (κ1) is 18.8. The number of aromatic amines is 1. The van der Waals surface area contributed by atoms with Crippen molar-refractivity contribution in [3.63, 3.8) is 0 Å². The number of thiazole rings is 1. The van der Waals surface area contributed by atoms with Gasteiger partial charge in [0, 0.05) is 17.5 Å². The fraction of sp³-hybridized carbons (Fsp3) is 0.261. The molecule has 6 nitrogen and oxygen atoms in total. The van der Waals surface area contributed by atoms with Crippen LogP contribution in [0.25, 0.3) is 11.0 Å². The molecule has 0 bridgehead atoms. The second-order valence-corrected chi connectivity index (χ2v) is 8.53. The van der Waals surface area contributed by atoms with Crippen molar-refractivity contribution in [1.82, 2.24) is 19.9 Å². The van der Waals surface area contributed by atoms with Crippen LogP contribution < -0.4 is 4.74 Å². The zero-order valence-electron chi connectivity index (χ0n) is 16.7. The molecule has 1 amide bonds. The largest absolute Gasteiger partial charge is 0.487 e. The maximum atomic E-state index is 13.3. The fourth-order valence-corrected chi connectivity index (χ4v) is 4.54. The van der Waals surface area contributed by atoms with Crippen LogP contribution in [0, 0.1) is 6.92 Å². The van der Waals surface area contributed by atoms with Crippen molar-refractivity contribution in [2.45, 2.75) is 32.4 Å². The summed E-state index contributed by atoms with van der Waals surface area (Å²) in [7, 11) is 0. The second kappa shape index (κ2) is 7.91. The van der Waals surface area contributed by atoms with Gasteiger partial charge in [0.15, 0.2) is 0 Å². The lowest BCUT2D eigenvalue weighted by Crippen LogP contribution is -2.31. The third kappa shape index (κ3) is 3.68. The third-order valence-electron chi connectivity index (χ3n) is 5.37. The standard InChI is InChI=1S/C23H22N4O2S/c1-15-24-17(14-30-15)13-29-18-7-4-6-16(12-18)23(28)27-11-5-10-21(27)22-25-19-8-2-3-9-20(19)26-22/h2-4,6-9,12,14,21H,5,10-11,13H2,1H3,(H,25,26). The lowest BCUT2D eigenvalue weighted by atomic mass is 10.1. The Kier molecular flexibility index (Phi) is 4.96. The van der Waals surface area contributed by atoms with E-state index in [1.165, 1.54) is 0 Å². The van der Waals surface area contributed by atoms with Gasteiger partial charge < -0.3 is 14.6 Å². The highest BCUT2D eigenvalue weighted by Gasteiger charge is 2.32. The number of fused-ring (bicyclic) bond motifs is 1. The maximum Gasteiger partial charge on any atom is 0.254 e. The number of hydrogen-bond donors (Lipinski definition) is 1. The van der Waals surface area contributed by atoms with E-state index >= 15 is 0 Å². The van der Waals surface area contributed by atoms with Crippen LogP contribution in [0.15, 0.2) is 53.9 Å². The quantitative estimate of drug-likeness (QED) is 0.501. The number of imidazole rings is 1. The van der Waals surface area contributed by atoms with Crippen molar-refractivity contribution in [2.24, 2.45) is 0 Å². The molecule has 152 valence electrons. The van der Waals surface area contributed by atoms with Crippen LogP contribution in [0.4, 0.5) is 0 Å². The number of nitrogens with one attached hydrogen (secondary N) is 1. The molecule has 1 N–H and O–H groups in total. The Morgan fingerprint density at radius 1 is 1.23 bits per heavy atom. The molecule has 0 spiro atoms. The van der Waals surface area contributed by atoms with Gasteiger partial charge in [0.2, 0.25) is 0 Å². The van der Waals surface area contributed by atoms with Gasteiger partial charge in [-0.25, -0.2) is 9.97 Å². The number of aryl methyl sites for hydroxylation is 1. The van der Waals surface area contributed by atoms with Gasteiger partial charge in [-0.2, -0.15) is 0 Å². The zero-order valence-corrected chi connectivity index (χ0v) is 17.5. The van der Waals surface area contributed by atoms with Crippen molar-refractivity contribution >= 4 is 28.3 Å². The Hall–Kier alpha value is -3.19. The number of benzene rings is 2. The van der Waals surface area contributed by atoms with Crippen molar-refractivity contribution in [2.75, 3.05) is 6.54 Å². The average Bonchev–Trinajstić information content (AvgIpc) is 3.50. The summed E-state index contributed by atoms with van der Waals surface area (Å²) in [4.78, 5) is 27.7. The van der Waals surface area contributed by atoms with Gasteiger partial charge in [-0.05, 0) is 50.1 Å². The molecule has 1 saturated heterocycles. The Morgan fingerprint density at radius 2 is 2.13 bits per heavy atom. The molecule has 1 aliphatic rings. The van der Waals surface area contributed by atoms with Crippen LogP contribution in [-0.4, -0.2) is 32.3 Å². The Bertz CT molecular complexity index is 1170. The number of nitrogens with zero attached hydrogens (tertiary/aromatic N) is 3. The van der Waals surface area contributed by atoms with Gasteiger partial charge >= 0.3 is 0 Å². The maximum absolute atomic E-state index is 13.3. The Morgan fingerprint density at radius 3 is 2.97 bits per heavy atom. The molecular formula is C23H22N4O2S. The van der Waals surface area contributed by atoms with E-state index in [4.69, 9.17) is 9.72 Å². The van der Waals surface area contributed by atoms with Crippen molar-refractivity contribution in [3.8, 4) is 5.75 Å². The lowest BCUT2D eigenvalue weighted by Gasteiger charge is -2.23. The number of ether oxygens (including phenoxy) is 1. The number of hydrogen-bond acceptors (Lipinski definition) is 5. The molecule has 1 fully saturated rings. The van der Waals surface area contributed by atoms with E-state index in [0.717, 1.165) is 46.9 Å². The number of carbonyl (C=O) groups is 1. The summed E-state index contributed by atoms with van der Waals surface area (Å²) in [5.41, 5.74) is 3.46. The molecule has 0 aliphatic carbocycles. The third-order valence-corrected chi connectivity index (χ3v) is 6.19. The van der Waals surface area contributed by atoms with Crippen molar-refractivity contribution < 1.29 is 9.53 Å². The smallest absolute Gasteiger partial charge is 0.254 e. The minimum atomic E-state index is -0.0348. The molecular weight excluding hydrogens is 396 g/mol. The molecule has 3 heterocycles. The van der Waals surface area contributed by atoms with Gasteiger partial charge in [0.25, 0.3) is 5.91 Å². The number of carbonyl (C=O) groups excluding carboxylic acids is 1. The first-order chi connectivity index (χ1) is 14.7. The highest BCUT2D eigenvalue weighted by Crippen LogP contribution is 2.33. The minimum absolute atomic E-state index is 0.00732. The molecule has 0 radical (unpaired) electrons. The number of rotatable bonds is 5. The van der Waals surface area contributed by atoms with E-state index in [1.54, 1.807) is 11.3 Å². The number of para-hydroxylation sites is 2. The Balaban J connectivity index is 1.34. The summed E-state index contributed by atoms with van der Waals surface area (Å²) in [6, 6.07) is 15.3. The molecule has 0 saturated carbocycles. The predicted molar refractivity (Wildman–Crippen MR) is 117 cm³/mol. The summed E-state index contributed by atoms with van der Waals surface area (Å²) < 4.78 is 5.87. The molecule has 30 heavy (non-hydrogen) atoms. The van der Waals surface area contributed by atoms with E-state index in [9.17, 15) is 4.79 Å².